The molecule has 83 heavy (non-hydrogen) atoms. The zero-order valence-corrected chi connectivity index (χ0v) is 56.2. The lowest BCUT2D eigenvalue weighted by molar-refractivity contribution is -0.143. The highest BCUT2D eigenvalue weighted by molar-refractivity contribution is 5.76. The predicted molar refractivity (Wildman–Crippen MR) is 366 cm³/mol. The molecule has 0 fully saturated rings. The molecule has 0 aromatic rings. The second-order valence-corrected chi connectivity index (χ2v) is 26.0. The summed E-state index contributed by atoms with van der Waals surface area (Å²) in [5.74, 6) is -0.0215. The molecule has 0 heterocycles. The van der Waals surface area contributed by atoms with Crippen LogP contribution in [0.5, 0.6) is 0 Å². The second-order valence-electron chi connectivity index (χ2n) is 26.0. The monoisotopic (exact) mass is 1170 g/mol. The molecule has 0 bridgehead atoms. The standard InChI is InChI=1S/C77H147NO5/c1-3-5-7-9-11-13-15-17-19-42-45-49-53-57-61-65-69-75(80)74(73-79)78-76(81)70-66-62-58-54-50-46-43-39-37-35-33-31-29-27-25-23-21-20-22-24-26-28-30-32-34-36-38-40-44-48-52-56-60-64-68-72-83-77(82)71-67-63-59-55-51-47-41-18-16-14-12-10-8-6-4-2/h12,14,18,22,24,41,74-75,79-80H,3-11,13,15-17,19-21,23,25-40,42-73H2,1-2H3,(H,78,81)/b14-12-,24-22-,41-18-. The van der Waals surface area contributed by atoms with E-state index >= 15 is 0 Å². The summed E-state index contributed by atoms with van der Waals surface area (Å²) in [6.07, 6.45) is 93.6. The number of hydrogen-bond acceptors (Lipinski definition) is 5. The number of hydrogen-bond donors (Lipinski definition) is 3. The number of ether oxygens (including phenoxy) is 1. The number of carbonyl (C=O) groups is 2. The van der Waals surface area contributed by atoms with Crippen LogP contribution >= 0.6 is 0 Å². The molecule has 0 aliphatic rings. The fraction of sp³-hybridized carbons (Fsp3) is 0.896. The van der Waals surface area contributed by atoms with Gasteiger partial charge in [0.15, 0.2) is 0 Å². The minimum absolute atomic E-state index is 0.00660. The van der Waals surface area contributed by atoms with Crippen LogP contribution in [-0.4, -0.2) is 47.4 Å². The van der Waals surface area contributed by atoms with Crippen molar-refractivity contribution in [2.45, 2.75) is 431 Å². The van der Waals surface area contributed by atoms with Gasteiger partial charge in [-0.2, -0.15) is 0 Å². The van der Waals surface area contributed by atoms with Gasteiger partial charge >= 0.3 is 5.97 Å². The smallest absolute Gasteiger partial charge is 0.305 e. The van der Waals surface area contributed by atoms with Crippen LogP contribution in [0.1, 0.15) is 418 Å². The van der Waals surface area contributed by atoms with Crippen LogP contribution in [0.2, 0.25) is 0 Å². The Bertz CT molecular complexity index is 1340. The van der Waals surface area contributed by atoms with Crippen molar-refractivity contribution >= 4 is 11.9 Å². The molecule has 0 saturated heterocycles. The Morgan fingerprint density at radius 1 is 0.337 bits per heavy atom. The summed E-state index contributed by atoms with van der Waals surface area (Å²) in [7, 11) is 0. The van der Waals surface area contributed by atoms with E-state index < -0.39 is 12.1 Å². The minimum Gasteiger partial charge on any atom is -0.466 e. The summed E-state index contributed by atoms with van der Waals surface area (Å²) in [5.41, 5.74) is 0. The van der Waals surface area contributed by atoms with E-state index in [1.807, 2.05) is 0 Å². The third kappa shape index (κ3) is 69.1. The average Bonchev–Trinajstić information content (AvgIpc) is 3.49. The Labute approximate surface area is 519 Å². The number of amides is 1. The number of aliphatic hydroxyl groups excluding tert-OH is 2. The van der Waals surface area contributed by atoms with Gasteiger partial charge in [-0.05, 0) is 83.5 Å². The first-order chi connectivity index (χ1) is 41.0. The Morgan fingerprint density at radius 2 is 0.602 bits per heavy atom. The molecule has 490 valence electrons. The van der Waals surface area contributed by atoms with Crippen LogP contribution in [-0.2, 0) is 14.3 Å². The number of carbonyl (C=O) groups excluding carboxylic acids is 2. The van der Waals surface area contributed by atoms with Crippen molar-refractivity contribution in [3.63, 3.8) is 0 Å². The van der Waals surface area contributed by atoms with E-state index in [0.717, 1.165) is 51.4 Å². The van der Waals surface area contributed by atoms with Gasteiger partial charge in [0, 0.05) is 12.8 Å². The van der Waals surface area contributed by atoms with Crippen molar-refractivity contribution in [1.29, 1.82) is 0 Å². The van der Waals surface area contributed by atoms with E-state index in [1.54, 1.807) is 0 Å². The van der Waals surface area contributed by atoms with Crippen LogP contribution in [0.15, 0.2) is 36.5 Å². The average molecular weight is 1170 g/mol. The first-order valence-electron chi connectivity index (χ1n) is 37.7. The molecule has 0 aliphatic carbocycles. The maximum atomic E-state index is 12.5. The molecule has 0 aromatic carbocycles. The highest BCUT2D eigenvalue weighted by Gasteiger charge is 2.20. The van der Waals surface area contributed by atoms with E-state index in [9.17, 15) is 19.8 Å². The van der Waals surface area contributed by atoms with E-state index in [4.69, 9.17) is 4.74 Å². The molecule has 0 saturated carbocycles. The molecule has 6 nitrogen and oxygen atoms in total. The van der Waals surface area contributed by atoms with Crippen LogP contribution in [0, 0.1) is 0 Å². The summed E-state index contributed by atoms with van der Waals surface area (Å²) in [6.45, 7) is 4.96. The van der Waals surface area contributed by atoms with Gasteiger partial charge in [-0.15, -0.1) is 0 Å². The molecule has 0 spiro atoms. The number of unbranched alkanes of at least 4 members (excludes halogenated alkanes) is 54. The third-order valence-corrected chi connectivity index (χ3v) is 17.7. The van der Waals surface area contributed by atoms with Crippen LogP contribution in [0.4, 0.5) is 0 Å². The molecule has 0 radical (unpaired) electrons. The largest absolute Gasteiger partial charge is 0.466 e. The number of aliphatic hydroxyl groups is 2. The number of esters is 1. The van der Waals surface area contributed by atoms with Gasteiger partial charge in [-0.1, -0.05) is 359 Å². The van der Waals surface area contributed by atoms with Gasteiger partial charge in [0.2, 0.25) is 5.91 Å². The first kappa shape index (κ1) is 81.1. The van der Waals surface area contributed by atoms with Crippen molar-refractivity contribution in [2.24, 2.45) is 0 Å². The van der Waals surface area contributed by atoms with Gasteiger partial charge in [-0.3, -0.25) is 9.59 Å². The molecule has 2 atom stereocenters. The number of allylic oxidation sites excluding steroid dienone is 6. The van der Waals surface area contributed by atoms with Gasteiger partial charge in [0.05, 0.1) is 25.4 Å². The van der Waals surface area contributed by atoms with Gasteiger partial charge < -0.3 is 20.3 Å². The molecule has 0 aliphatic heterocycles. The molecule has 0 rings (SSSR count). The van der Waals surface area contributed by atoms with E-state index in [-0.39, 0.29) is 18.5 Å². The van der Waals surface area contributed by atoms with Gasteiger partial charge in [0.25, 0.3) is 0 Å². The fourth-order valence-corrected chi connectivity index (χ4v) is 11.9. The normalized spacial score (nSPS) is 12.7. The summed E-state index contributed by atoms with van der Waals surface area (Å²) >= 11 is 0. The van der Waals surface area contributed by atoms with Crippen molar-refractivity contribution in [3.05, 3.63) is 36.5 Å². The minimum atomic E-state index is -0.662. The maximum Gasteiger partial charge on any atom is 0.305 e. The quantitative estimate of drug-likeness (QED) is 0.0320. The summed E-state index contributed by atoms with van der Waals surface area (Å²) in [4.78, 5) is 24.6. The highest BCUT2D eigenvalue weighted by Crippen LogP contribution is 2.19. The summed E-state index contributed by atoms with van der Waals surface area (Å²) < 4.78 is 5.49. The zero-order chi connectivity index (χ0) is 59.9. The summed E-state index contributed by atoms with van der Waals surface area (Å²) in [6, 6.07) is -0.539. The molecule has 0 aromatic heterocycles. The molecular weight excluding hydrogens is 1020 g/mol. The van der Waals surface area contributed by atoms with Crippen LogP contribution < -0.4 is 5.32 Å². The van der Waals surface area contributed by atoms with Crippen molar-refractivity contribution < 1.29 is 24.5 Å². The SMILES string of the molecule is CCCCC/C=C\C/C=C\CCCCCCCC(=O)OCCCCCCCCCCCCCCCC/C=C\CCCCCCCCCCCCCCCCCCCC(=O)NC(CO)C(O)CCCCCCCCCCCCCCCCCC. The van der Waals surface area contributed by atoms with Crippen molar-refractivity contribution in [2.75, 3.05) is 13.2 Å². The topological polar surface area (TPSA) is 95.9 Å². The number of nitrogens with one attached hydrogen (secondary N) is 1. The van der Waals surface area contributed by atoms with Crippen molar-refractivity contribution in [3.8, 4) is 0 Å². The second kappa shape index (κ2) is 72.6. The Balaban J connectivity index is 3.34. The highest BCUT2D eigenvalue weighted by atomic mass is 16.5. The fourth-order valence-electron chi connectivity index (χ4n) is 11.9. The van der Waals surface area contributed by atoms with Crippen LogP contribution in [0.25, 0.3) is 0 Å². The molecule has 2 unspecified atom stereocenters. The zero-order valence-electron chi connectivity index (χ0n) is 56.2. The first-order valence-corrected chi connectivity index (χ1v) is 37.7. The van der Waals surface area contributed by atoms with Crippen LogP contribution in [0.3, 0.4) is 0 Å². The summed E-state index contributed by atoms with van der Waals surface area (Å²) in [5, 5.41) is 23.4. The lowest BCUT2D eigenvalue weighted by Gasteiger charge is -2.22. The third-order valence-electron chi connectivity index (χ3n) is 17.7. The van der Waals surface area contributed by atoms with Gasteiger partial charge in [-0.25, -0.2) is 0 Å². The van der Waals surface area contributed by atoms with E-state index in [0.29, 0.717) is 25.9 Å². The lowest BCUT2D eigenvalue weighted by Crippen LogP contribution is -2.45. The molecule has 3 N–H and O–H groups in total. The Morgan fingerprint density at radius 3 is 0.952 bits per heavy atom. The Hall–Kier alpha value is -1.92. The lowest BCUT2D eigenvalue weighted by atomic mass is 10.0. The maximum absolute atomic E-state index is 12.5. The number of rotatable bonds is 71. The predicted octanol–water partition coefficient (Wildman–Crippen LogP) is 24.7. The molecule has 1 amide bonds. The molecular formula is C77H147NO5. The van der Waals surface area contributed by atoms with Gasteiger partial charge in [0.1, 0.15) is 0 Å². The Kier molecular flexibility index (Phi) is 70.9. The van der Waals surface area contributed by atoms with E-state index in [1.165, 1.54) is 334 Å². The molecule has 6 heteroatoms. The van der Waals surface area contributed by atoms with E-state index in [2.05, 4.69) is 55.6 Å². The van der Waals surface area contributed by atoms with Crippen molar-refractivity contribution in [1.82, 2.24) is 5.32 Å².